The van der Waals surface area contributed by atoms with Crippen LogP contribution in [-0.2, 0) is 29.1 Å². The van der Waals surface area contributed by atoms with Crippen molar-refractivity contribution in [1.82, 2.24) is 14.9 Å². The number of amides is 2. The summed E-state index contributed by atoms with van der Waals surface area (Å²) in [6.45, 7) is 0. The van der Waals surface area contributed by atoms with Crippen molar-refractivity contribution in [1.29, 1.82) is 0 Å². The van der Waals surface area contributed by atoms with E-state index in [9.17, 15) is 37.7 Å². The minimum Gasteiger partial charge on any atom is -0.744 e. The molecule has 3 aromatic rings. The number of hydrogen-bond acceptors (Lipinski definition) is 13. The van der Waals surface area contributed by atoms with Crippen LogP contribution in [0, 0.1) is 4.77 Å². The average molecular weight is 681 g/mol. The summed E-state index contributed by atoms with van der Waals surface area (Å²) >= 11 is 10.9. The molecule has 0 atom stereocenters. The summed E-state index contributed by atoms with van der Waals surface area (Å²) in [5.41, 5.74) is -1.05. The maximum atomic E-state index is 13.1. The molecule has 3 N–H and O–H groups in total. The van der Waals surface area contributed by atoms with E-state index in [0.29, 0.717) is 16.9 Å². The zero-order valence-corrected chi connectivity index (χ0v) is 29.3. The topological polar surface area (TPSA) is 206 Å². The fourth-order valence-electron chi connectivity index (χ4n) is 3.55. The largest absolute Gasteiger partial charge is 1.00 e. The number of nitrogens with one attached hydrogen (secondary N) is 2. The van der Waals surface area contributed by atoms with Crippen LogP contribution in [0.1, 0.15) is 5.56 Å². The second-order valence-corrected chi connectivity index (χ2v) is 10.8. The molecule has 0 bridgehead atoms. The van der Waals surface area contributed by atoms with Gasteiger partial charge in [0, 0.05) is 4.90 Å². The molecule has 20 heteroatoms. The first-order valence-electron chi connectivity index (χ1n) is 10.9. The van der Waals surface area contributed by atoms with Crippen LogP contribution >= 0.6 is 36.5 Å². The van der Waals surface area contributed by atoms with Crippen molar-refractivity contribution in [2.75, 3.05) is 4.90 Å². The molecule has 4 rings (SSSR count). The molecule has 1 aliphatic heterocycles. The number of allylic oxidation sites excluding steroid dienone is 2. The number of carbonyl (C=O) groups is 2. The van der Waals surface area contributed by atoms with Crippen molar-refractivity contribution in [3.05, 3.63) is 86.9 Å². The molecule has 1 fully saturated rings. The number of carbonyl (C=O) groups excluding carboxylic acids is 2. The van der Waals surface area contributed by atoms with Crippen LogP contribution in [0.3, 0.4) is 0 Å². The summed E-state index contributed by atoms with van der Waals surface area (Å²) in [6.07, 6.45) is 3.39. The smallest absolute Gasteiger partial charge is 0.744 e. The maximum Gasteiger partial charge on any atom is 1.00 e. The second kappa shape index (κ2) is 15.8. The predicted octanol–water partition coefficient (Wildman–Crippen LogP) is -4.87. The van der Waals surface area contributed by atoms with Gasteiger partial charge in [-0.3, -0.25) is 39.2 Å². The van der Waals surface area contributed by atoms with Crippen molar-refractivity contribution in [2.24, 2.45) is 0 Å². The van der Waals surface area contributed by atoms with E-state index in [1.54, 1.807) is 0 Å². The summed E-state index contributed by atoms with van der Waals surface area (Å²) < 4.78 is 38.6. The summed E-state index contributed by atoms with van der Waals surface area (Å²) in [5.74, 6) is -2.24. The molecule has 43 heavy (non-hydrogen) atoms. The van der Waals surface area contributed by atoms with Gasteiger partial charge < -0.3 is 14.9 Å². The third-order valence-electron chi connectivity index (χ3n) is 5.38. The van der Waals surface area contributed by atoms with E-state index < -0.39 is 38.3 Å². The number of H-pyrrole nitrogens is 1. The molecule has 14 nitrogen and oxygen atoms in total. The van der Waals surface area contributed by atoms with Crippen molar-refractivity contribution in [3.63, 3.8) is 0 Å². The van der Waals surface area contributed by atoms with Crippen LogP contribution in [0.2, 0.25) is 0 Å². The number of aromatic nitrogens is 2. The van der Waals surface area contributed by atoms with Gasteiger partial charge in [0.15, 0.2) is 9.88 Å². The third-order valence-corrected chi connectivity index (χ3v) is 7.39. The van der Waals surface area contributed by atoms with Crippen LogP contribution in [0.5, 0.6) is 5.88 Å². The molecule has 1 aliphatic rings. The van der Waals surface area contributed by atoms with E-state index in [1.165, 1.54) is 42.5 Å². The molecule has 2 heterocycles. The van der Waals surface area contributed by atoms with E-state index in [-0.39, 0.29) is 91.5 Å². The molecule has 0 unspecified atom stereocenters. The molecule has 1 aromatic heterocycles. The number of aromatic amines is 1. The zero-order valence-electron chi connectivity index (χ0n) is 22.0. The van der Waals surface area contributed by atoms with E-state index in [0.717, 1.165) is 33.8 Å². The van der Waals surface area contributed by atoms with Crippen molar-refractivity contribution in [3.8, 4) is 11.6 Å². The number of hydrogen-bond donors (Lipinski definition) is 3. The van der Waals surface area contributed by atoms with Gasteiger partial charge in [0.25, 0.3) is 17.4 Å². The van der Waals surface area contributed by atoms with E-state index >= 15 is 0 Å². The quantitative estimate of drug-likeness (QED) is 0.0299. The van der Waals surface area contributed by atoms with E-state index in [2.05, 4.69) is 19.7 Å². The summed E-state index contributed by atoms with van der Waals surface area (Å²) in [7, 11) is -4.72. The molecule has 2 aromatic carbocycles. The molecule has 0 saturated carbocycles. The number of aromatic hydroxyl groups is 1. The Balaban J connectivity index is 0.00000323. The van der Waals surface area contributed by atoms with Crippen molar-refractivity contribution < 1.29 is 101 Å². The van der Waals surface area contributed by atoms with Gasteiger partial charge in [-0.2, -0.15) is 4.33 Å². The van der Waals surface area contributed by atoms with E-state index in [4.69, 9.17) is 24.4 Å². The first-order chi connectivity index (χ1) is 19.4. The standard InChI is InChI=1S/C23H16N4O10S4.2Na/c28-18-16(20(30)26(22(38)24-18)12-4-8-14(9-5-12)40-37-36-32)2-1-3-17-19(29)25-23(39)27(21(17)31)13-6-10-15(11-7-13)41(33,34)35;;/h1-11,31-32H,(H,24,28,38)(H,25,29,39)(H,33,34,35);;/q;2*+1/p-2. The molecule has 0 radical (unpaired) electrons. The summed E-state index contributed by atoms with van der Waals surface area (Å²) in [5, 5.41) is 26.3. The number of thiocarbonyl (C=S) groups is 1. The van der Waals surface area contributed by atoms with Crippen molar-refractivity contribution in [2.45, 2.75) is 9.79 Å². The minimum absolute atomic E-state index is 0. The first kappa shape index (κ1) is 37.2. The molecule has 0 aliphatic carbocycles. The van der Waals surface area contributed by atoms with Gasteiger partial charge in [0.1, 0.15) is 21.3 Å². The number of anilines is 1. The monoisotopic (exact) mass is 680 g/mol. The molecule has 2 amide bonds. The first-order valence-corrected chi connectivity index (χ1v) is 13.8. The Morgan fingerprint density at radius 3 is 2.16 bits per heavy atom. The van der Waals surface area contributed by atoms with Gasteiger partial charge in [-0.05, 0) is 85.1 Å². The third kappa shape index (κ3) is 8.59. The molecular formula is C23H14N4Na2O10S4. The van der Waals surface area contributed by atoms with Gasteiger partial charge in [0.2, 0.25) is 5.88 Å². The number of benzene rings is 2. The Hall–Kier alpha value is -2.01. The van der Waals surface area contributed by atoms with E-state index in [1.807, 2.05) is 0 Å². The van der Waals surface area contributed by atoms with Gasteiger partial charge in [-0.1, -0.05) is 6.08 Å². The minimum atomic E-state index is -4.72. The summed E-state index contributed by atoms with van der Waals surface area (Å²) in [6, 6.07) is 10.4. The van der Waals surface area contributed by atoms with Crippen LogP contribution in [-0.4, -0.2) is 44.6 Å². The number of nitrogens with zero attached hydrogens (tertiary/aromatic N) is 2. The molecule has 1 saturated heterocycles. The van der Waals surface area contributed by atoms with Crippen molar-refractivity contribution >= 4 is 75.3 Å². The van der Waals surface area contributed by atoms with Gasteiger partial charge >= 0.3 is 59.1 Å². The Morgan fingerprint density at radius 2 is 1.58 bits per heavy atom. The second-order valence-electron chi connectivity index (χ2n) is 7.83. The maximum absolute atomic E-state index is 13.1. The Labute approximate surface area is 301 Å². The zero-order chi connectivity index (χ0) is 29.9. The van der Waals surface area contributed by atoms with Gasteiger partial charge in [-0.25, -0.2) is 8.42 Å². The Morgan fingerprint density at radius 1 is 0.977 bits per heavy atom. The van der Waals surface area contributed by atoms with Crippen LogP contribution in [0.15, 0.2) is 80.8 Å². The van der Waals surface area contributed by atoms with Crippen LogP contribution in [0.25, 0.3) is 11.8 Å². The predicted molar refractivity (Wildman–Crippen MR) is 147 cm³/mol. The Kier molecular flexibility index (Phi) is 13.7. The molecular weight excluding hydrogens is 667 g/mol. The van der Waals surface area contributed by atoms with Crippen LogP contribution in [0.4, 0.5) is 5.69 Å². The fraction of sp³-hybridized carbons (Fsp3) is 0. The normalized spacial score (nSPS) is 14.4. The van der Waals surface area contributed by atoms with Gasteiger partial charge in [0.05, 0.1) is 28.3 Å². The molecule has 212 valence electrons. The average Bonchev–Trinajstić information content (AvgIpc) is 2.91. The molecule has 0 spiro atoms. The summed E-state index contributed by atoms with van der Waals surface area (Å²) in [4.78, 5) is 41.5. The Bertz CT molecular complexity index is 1840. The van der Waals surface area contributed by atoms with Gasteiger partial charge in [-0.15, -0.1) is 0 Å². The number of rotatable bonds is 8. The SMILES string of the molecule is O=C1NC(=S)N(c2ccc(SOO[O-])cc2)C(=O)C1=CC=Cc1c(O)n(-c2ccc(S(=O)(=O)[O-])cc2)c(=S)[nH]c1=O.[Na+].[Na+]. The van der Waals surface area contributed by atoms with Crippen LogP contribution < -0.4 is 80.1 Å². The fourth-order valence-corrected chi connectivity index (χ4v) is 4.93.